The van der Waals surface area contributed by atoms with Crippen LogP contribution in [0.25, 0.3) is 11.1 Å². The van der Waals surface area contributed by atoms with E-state index in [9.17, 15) is 16.8 Å². The third kappa shape index (κ3) is 4.60. The number of hydrogen-bond donors (Lipinski definition) is 2. The first-order chi connectivity index (χ1) is 16.0. The predicted molar refractivity (Wildman–Crippen MR) is 138 cm³/mol. The predicted octanol–water partition coefficient (Wildman–Crippen LogP) is 2.31. The average molecular weight is 524 g/mol. The molecule has 3 rings (SSSR count). The van der Waals surface area contributed by atoms with Crippen LogP contribution in [-0.4, -0.2) is 62.4 Å². The van der Waals surface area contributed by atoms with Crippen molar-refractivity contribution in [2.45, 2.75) is 37.5 Å². The van der Waals surface area contributed by atoms with Crippen LogP contribution in [0.4, 0.5) is 0 Å². The van der Waals surface area contributed by atoms with E-state index >= 15 is 0 Å². The van der Waals surface area contributed by atoms with Crippen molar-refractivity contribution in [3.63, 3.8) is 0 Å². The zero-order valence-electron chi connectivity index (χ0n) is 19.6. The summed E-state index contributed by atoms with van der Waals surface area (Å²) in [6.07, 6.45) is 0. The Morgan fingerprint density at radius 1 is 0.794 bits per heavy atom. The van der Waals surface area contributed by atoms with E-state index in [1.54, 1.807) is 52.0 Å². The Bertz CT molecular complexity index is 1250. The Morgan fingerprint density at radius 3 is 1.50 bits per heavy atom. The Balaban J connectivity index is 2.26. The fourth-order valence-corrected chi connectivity index (χ4v) is 7.04. The van der Waals surface area contributed by atoms with Crippen LogP contribution in [0.1, 0.15) is 38.8 Å². The minimum atomic E-state index is -3.72. The molecule has 0 spiro atoms. The van der Waals surface area contributed by atoms with Gasteiger partial charge in [-0.1, -0.05) is 39.8 Å². The highest BCUT2D eigenvalue weighted by molar-refractivity contribution is 7.89. The van der Waals surface area contributed by atoms with Crippen molar-refractivity contribution in [2.24, 2.45) is 10.8 Å². The van der Waals surface area contributed by atoms with Gasteiger partial charge in [0.25, 0.3) is 0 Å². The van der Waals surface area contributed by atoms with E-state index in [-0.39, 0.29) is 14.9 Å². The van der Waals surface area contributed by atoms with Crippen LogP contribution in [0.2, 0.25) is 0 Å². The highest BCUT2D eigenvalue weighted by atomic mass is 32.2. The monoisotopic (exact) mass is 523 g/mol. The van der Waals surface area contributed by atoms with Gasteiger partial charge in [-0.05, 0) is 47.6 Å². The van der Waals surface area contributed by atoms with Crippen molar-refractivity contribution in [3.05, 3.63) is 47.5 Å². The molecule has 0 heterocycles. The molecule has 0 amide bonds. The molecule has 0 radical (unpaired) electrons. The summed E-state index contributed by atoms with van der Waals surface area (Å²) in [7, 11) is -7.44. The molecule has 0 unspecified atom stereocenters. The van der Waals surface area contributed by atoms with Crippen molar-refractivity contribution in [2.75, 3.05) is 26.2 Å². The van der Waals surface area contributed by atoms with Crippen molar-refractivity contribution < 1.29 is 16.8 Å². The standard InChI is InChI=1S/C22H29N5O4S3/c1-5-26(6-2)33(28,29)15-9-11-17-19(13-15)20-14-16(34(30,31)27(7-3)8-4)10-12-18(20)21(17)24-25-22(23)32/h9-14H,5-8H2,1-4H3,(H3,23,25,32). The molecule has 0 aliphatic heterocycles. The van der Waals surface area contributed by atoms with E-state index in [1.807, 2.05) is 0 Å². The van der Waals surface area contributed by atoms with Crippen LogP contribution < -0.4 is 11.2 Å². The molecule has 1 aliphatic carbocycles. The third-order valence-electron chi connectivity index (χ3n) is 5.75. The van der Waals surface area contributed by atoms with Crippen LogP contribution in [0.3, 0.4) is 0 Å². The first-order valence-electron chi connectivity index (χ1n) is 10.9. The van der Waals surface area contributed by atoms with Gasteiger partial charge in [0.2, 0.25) is 20.0 Å². The normalized spacial score (nSPS) is 13.2. The van der Waals surface area contributed by atoms with Crippen LogP contribution in [0.5, 0.6) is 0 Å². The number of rotatable bonds is 9. The molecule has 12 heteroatoms. The fraction of sp³-hybridized carbons (Fsp3) is 0.364. The van der Waals surface area contributed by atoms with E-state index < -0.39 is 20.0 Å². The minimum Gasteiger partial charge on any atom is -0.375 e. The van der Waals surface area contributed by atoms with E-state index in [4.69, 9.17) is 18.0 Å². The number of nitrogens with zero attached hydrogens (tertiary/aromatic N) is 3. The minimum absolute atomic E-state index is 0.0241. The summed E-state index contributed by atoms with van der Waals surface area (Å²) in [4.78, 5) is 0.253. The SMILES string of the molecule is CCN(CC)S(=O)(=O)c1ccc2c(c1)-c1cc(S(=O)(=O)N(CC)CC)ccc1C2=NNC(N)=S. The number of hydrogen-bond acceptors (Lipinski definition) is 6. The second-order valence-electron chi connectivity index (χ2n) is 7.53. The molecular formula is C22H29N5O4S3. The maximum absolute atomic E-state index is 13.1. The van der Waals surface area contributed by atoms with Gasteiger partial charge in [0.15, 0.2) is 5.11 Å². The second-order valence-corrected chi connectivity index (χ2v) is 11.8. The van der Waals surface area contributed by atoms with Gasteiger partial charge in [-0.15, -0.1) is 0 Å². The van der Waals surface area contributed by atoms with Crippen molar-refractivity contribution in [3.8, 4) is 11.1 Å². The van der Waals surface area contributed by atoms with Gasteiger partial charge in [-0.25, -0.2) is 16.8 Å². The number of benzene rings is 2. The van der Waals surface area contributed by atoms with Crippen molar-refractivity contribution in [1.82, 2.24) is 14.0 Å². The Morgan fingerprint density at radius 2 is 1.18 bits per heavy atom. The van der Waals surface area contributed by atoms with E-state index in [0.717, 1.165) is 0 Å². The zero-order valence-corrected chi connectivity index (χ0v) is 22.0. The van der Waals surface area contributed by atoms with Gasteiger partial charge in [-0.3, -0.25) is 5.43 Å². The highest BCUT2D eigenvalue weighted by Crippen LogP contribution is 2.40. The summed E-state index contributed by atoms with van der Waals surface area (Å²) in [6.45, 7) is 8.46. The topological polar surface area (TPSA) is 125 Å². The first kappa shape index (κ1) is 26.2. The Labute approximate surface area is 206 Å². The largest absolute Gasteiger partial charge is 0.375 e. The quantitative estimate of drug-likeness (QED) is 0.326. The van der Waals surface area contributed by atoms with Crippen molar-refractivity contribution in [1.29, 1.82) is 0 Å². The van der Waals surface area contributed by atoms with E-state index in [0.29, 0.717) is 54.1 Å². The van der Waals surface area contributed by atoms with E-state index in [2.05, 4.69) is 10.5 Å². The van der Waals surface area contributed by atoms with Crippen molar-refractivity contribution >= 4 is 43.1 Å². The van der Waals surface area contributed by atoms with Gasteiger partial charge in [0.1, 0.15) is 0 Å². The first-order valence-corrected chi connectivity index (χ1v) is 14.2. The average Bonchev–Trinajstić information content (AvgIpc) is 3.11. The van der Waals surface area contributed by atoms with Crippen LogP contribution in [0.15, 0.2) is 51.3 Å². The summed E-state index contributed by atoms with van der Waals surface area (Å²) < 4.78 is 55.3. The molecule has 34 heavy (non-hydrogen) atoms. The Kier molecular flexibility index (Phi) is 7.78. The maximum atomic E-state index is 13.1. The molecule has 0 aromatic heterocycles. The van der Waals surface area contributed by atoms with Gasteiger partial charge in [-0.2, -0.15) is 13.7 Å². The number of fused-ring (bicyclic) bond motifs is 3. The maximum Gasteiger partial charge on any atom is 0.243 e. The van der Waals surface area contributed by atoms with Crippen LogP contribution in [-0.2, 0) is 20.0 Å². The van der Waals surface area contributed by atoms with E-state index in [1.165, 1.54) is 20.7 Å². The molecule has 9 nitrogen and oxygen atoms in total. The number of thiocarbonyl (C=S) groups is 1. The van der Waals surface area contributed by atoms with Crippen LogP contribution in [0, 0.1) is 0 Å². The molecule has 2 aromatic carbocycles. The molecule has 0 saturated carbocycles. The number of nitrogens with two attached hydrogens (primary N) is 1. The summed E-state index contributed by atoms with van der Waals surface area (Å²) >= 11 is 4.87. The van der Waals surface area contributed by atoms with Gasteiger partial charge in [0, 0.05) is 37.3 Å². The van der Waals surface area contributed by atoms with Crippen LogP contribution >= 0.6 is 12.2 Å². The third-order valence-corrected chi connectivity index (χ3v) is 9.93. The number of sulfonamides is 2. The molecule has 0 atom stereocenters. The summed E-state index contributed by atoms with van der Waals surface area (Å²) in [5, 5.41) is 4.28. The molecule has 0 bridgehead atoms. The highest BCUT2D eigenvalue weighted by Gasteiger charge is 2.31. The second kappa shape index (κ2) is 10.1. The summed E-state index contributed by atoms with van der Waals surface area (Å²) in [6, 6.07) is 9.54. The fourth-order valence-electron chi connectivity index (χ4n) is 4.03. The van der Waals surface area contributed by atoms with Gasteiger partial charge in [0.05, 0.1) is 15.5 Å². The molecule has 184 valence electrons. The lowest BCUT2D eigenvalue weighted by Gasteiger charge is -2.19. The molecular weight excluding hydrogens is 494 g/mol. The van der Waals surface area contributed by atoms with Gasteiger partial charge < -0.3 is 5.73 Å². The molecule has 2 aromatic rings. The lowest BCUT2D eigenvalue weighted by atomic mass is 10.1. The molecule has 0 fully saturated rings. The smallest absolute Gasteiger partial charge is 0.243 e. The molecule has 1 aliphatic rings. The molecule has 3 N–H and O–H groups in total. The Hall–Kier alpha value is -2.38. The summed E-state index contributed by atoms with van der Waals surface area (Å²) in [5.41, 5.74) is 11.1. The zero-order chi connectivity index (χ0) is 25.3. The van der Waals surface area contributed by atoms with Gasteiger partial charge >= 0.3 is 0 Å². The number of hydrazone groups is 1. The summed E-state index contributed by atoms with van der Waals surface area (Å²) in [5.74, 6) is 0. The number of nitrogens with one attached hydrogen (secondary N) is 1. The lowest BCUT2D eigenvalue weighted by Crippen LogP contribution is -2.30. The lowest BCUT2D eigenvalue weighted by molar-refractivity contribution is 0.444. The molecule has 0 saturated heterocycles.